The van der Waals surface area contributed by atoms with Gasteiger partial charge in [0, 0.05) is 19.1 Å². The molecule has 1 aliphatic heterocycles. The molecule has 1 aromatic carbocycles. The van der Waals surface area contributed by atoms with Gasteiger partial charge in [0.25, 0.3) is 5.56 Å². The number of carbonyl (C=O) groups is 2. The number of nitrogens with one attached hydrogen (secondary N) is 2. The van der Waals surface area contributed by atoms with E-state index >= 15 is 4.39 Å². The first-order chi connectivity index (χ1) is 18.1. The lowest BCUT2D eigenvalue weighted by Crippen LogP contribution is -2.48. The van der Waals surface area contributed by atoms with E-state index in [1.807, 2.05) is 6.07 Å². The molecule has 1 atom stereocenters. The molecule has 2 amide bonds. The molecule has 4 rings (SSSR count). The summed E-state index contributed by atoms with van der Waals surface area (Å²) >= 11 is 0. The van der Waals surface area contributed by atoms with Crippen LogP contribution in [0.1, 0.15) is 72.4 Å². The van der Waals surface area contributed by atoms with Crippen LogP contribution in [0.2, 0.25) is 0 Å². The van der Waals surface area contributed by atoms with E-state index in [1.54, 1.807) is 46.4 Å². The average Bonchev–Trinajstić information content (AvgIpc) is 3.52. The normalized spacial score (nSPS) is 17.6. The highest BCUT2D eigenvalue weighted by Crippen LogP contribution is 2.39. The van der Waals surface area contributed by atoms with Gasteiger partial charge in [-0.25, -0.2) is 24.2 Å². The Morgan fingerprint density at radius 2 is 1.67 bits per heavy atom. The molecule has 0 bridgehead atoms. The van der Waals surface area contributed by atoms with Crippen LogP contribution < -0.4 is 26.9 Å². The van der Waals surface area contributed by atoms with Crippen LogP contribution in [0.5, 0.6) is 0 Å². The van der Waals surface area contributed by atoms with Gasteiger partial charge in [0.1, 0.15) is 28.7 Å². The predicted molar refractivity (Wildman–Crippen MR) is 141 cm³/mol. The minimum Gasteiger partial charge on any atom is -0.444 e. The number of carbonyl (C=O) groups excluding carboxylic acids is 2. The Balaban J connectivity index is 1.77. The fourth-order valence-electron chi connectivity index (χ4n) is 4.59. The topological polar surface area (TPSA) is 148 Å². The number of alkyl carbamates (subject to hydrolysis) is 1. The lowest BCUT2D eigenvalue weighted by molar-refractivity contribution is 0.0507. The molecule has 2 heterocycles. The zero-order valence-electron chi connectivity index (χ0n) is 22.9. The third-order valence-corrected chi connectivity index (χ3v) is 6.15. The molecule has 13 heteroatoms. The van der Waals surface area contributed by atoms with Crippen molar-refractivity contribution in [3.05, 3.63) is 38.3 Å². The summed E-state index contributed by atoms with van der Waals surface area (Å²) in [4.78, 5) is 52.9. The van der Waals surface area contributed by atoms with Crippen LogP contribution in [0.3, 0.4) is 0 Å². The fraction of sp³-hybridized carbons (Fsp3) is 0.577. The molecule has 1 aliphatic carbocycles. The molecule has 0 radical (unpaired) electrons. The van der Waals surface area contributed by atoms with E-state index in [-0.39, 0.29) is 40.8 Å². The monoisotopic (exact) mass is 544 g/mol. The number of aromatic nitrogens is 2. The molecule has 12 nitrogen and oxygen atoms in total. The number of ether oxygens (including phenoxy) is 2. The van der Waals surface area contributed by atoms with Crippen molar-refractivity contribution in [1.29, 1.82) is 5.26 Å². The van der Waals surface area contributed by atoms with Crippen molar-refractivity contribution in [3.8, 4) is 6.07 Å². The summed E-state index contributed by atoms with van der Waals surface area (Å²) in [5, 5.41) is 12.7. The standard InChI is InChI=1S/C26H33FN6O6/c1-25(2,3)38-22(35)29-14-9-10-31(13-14)20-17(12-28)19-16(11-18(20)27)21(34)33(24(37)32(19)15-7-8-15)30-23(36)39-26(4,5)6/h11,14-15H,7-10,13H2,1-6H3,(H,29,35)(H,30,36). The van der Waals surface area contributed by atoms with E-state index in [0.29, 0.717) is 30.5 Å². The molecular formula is C26H33FN6O6. The van der Waals surface area contributed by atoms with Crippen molar-refractivity contribution in [2.24, 2.45) is 0 Å². The summed E-state index contributed by atoms with van der Waals surface area (Å²) < 4.78 is 27.8. The fourth-order valence-corrected chi connectivity index (χ4v) is 4.59. The SMILES string of the molecule is CC(C)(C)OC(=O)NC1CCN(c2c(F)cc3c(=O)n(NC(=O)OC(C)(C)C)c(=O)n(C4CC4)c3c2C#N)C1. The summed E-state index contributed by atoms with van der Waals surface area (Å²) in [6, 6.07) is 2.29. The zero-order valence-corrected chi connectivity index (χ0v) is 22.9. The van der Waals surface area contributed by atoms with Crippen molar-refractivity contribution < 1.29 is 23.5 Å². The van der Waals surface area contributed by atoms with Crippen LogP contribution in [0.4, 0.5) is 19.7 Å². The van der Waals surface area contributed by atoms with Crippen LogP contribution in [-0.2, 0) is 9.47 Å². The maximum Gasteiger partial charge on any atom is 0.427 e. The number of hydrogen-bond acceptors (Lipinski definition) is 8. The van der Waals surface area contributed by atoms with E-state index in [2.05, 4.69) is 10.7 Å². The molecule has 1 saturated carbocycles. The lowest BCUT2D eigenvalue weighted by atomic mass is 10.1. The smallest absolute Gasteiger partial charge is 0.427 e. The highest BCUT2D eigenvalue weighted by molar-refractivity contribution is 5.91. The summed E-state index contributed by atoms with van der Waals surface area (Å²) in [5.74, 6) is -0.834. The van der Waals surface area contributed by atoms with Crippen molar-refractivity contribution in [2.75, 3.05) is 23.4 Å². The number of benzene rings is 1. The average molecular weight is 545 g/mol. The summed E-state index contributed by atoms with van der Waals surface area (Å²) in [6.45, 7) is 10.6. The van der Waals surface area contributed by atoms with E-state index < -0.39 is 40.5 Å². The van der Waals surface area contributed by atoms with Crippen LogP contribution >= 0.6 is 0 Å². The lowest BCUT2D eigenvalue weighted by Gasteiger charge is -2.24. The summed E-state index contributed by atoms with van der Waals surface area (Å²) in [6.07, 6.45) is 0.0698. The summed E-state index contributed by atoms with van der Waals surface area (Å²) in [7, 11) is 0. The molecule has 210 valence electrons. The minimum absolute atomic E-state index is 0.0113. The van der Waals surface area contributed by atoms with Gasteiger partial charge >= 0.3 is 17.9 Å². The molecule has 1 saturated heterocycles. The van der Waals surface area contributed by atoms with Gasteiger partial charge in [0.2, 0.25) is 0 Å². The van der Waals surface area contributed by atoms with E-state index in [4.69, 9.17) is 9.47 Å². The third kappa shape index (κ3) is 6.00. The van der Waals surface area contributed by atoms with E-state index in [9.17, 15) is 24.4 Å². The number of anilines is 1. The Morgan fingerprint density at radius 1 is 1.05 bits per heavy atom. The van der Waals surface area contributed by atoms with Gasteiger partial charge in [-0.3, -0.25) is 9.36 Å². The number of nitriles is 1. The Kier molecular flexibility index (Phi) is 7.10. The molecule has 2 aliphatic rings. The van der Waals surface area contributed by atoms with Crippen molar-refractivity contribution in [2.45, 2.75) is 84.1 Å². The van der Waals surface area contributed by atoms with Gasteiger partial charge in [-0.15, -0.1) is 0 Å². The maximum atomic E-state index is 15.6. The highest BCUT2D eigenvalue weighted by atomic mass is 19.1. The van der Waals surface area contributed by atoms with Crippen molar-refractivity contribution >= 4 is 28.8 Å². The number of rotatable bonds is 4. The van der Waals surface area contributed by atoms with Gasteiger partial charge in [0.15, 0.2) is 0 Å². The highest BCUT2D eigenvalue weighted by Gasteiger charge is 2.35. The number of fused-ring (bicyclic) bond motifs is 1. The van der Waals surface area contributed by atoms with E-state index in [1.165, 1.54) is 4.57 Å². The van der Waals surface area contributed by atoms with Gasteiger partial charge in [-0.2, -0.15) is 9.94 Å². The first-order valence-corrected chi connectivity index (χ1v) is 12.8. The predicted octanol–water partition coefficient (Wildman–Crippen LogP) is 3.09. The molecule has 2 aromatic rings. The Hall–Kier alpha value is -4.08. The first-order valence-electron chi connectivity index (χ1n) is 12.8. The second-order valence-corrected chi connectivity index (χ2v) is 11.8. The molecule has 1 unspecified atom stereocenters. The molecule has 2 fully saturated rings. The van der Waals surface area contributed by atoms with Crippen LogP contribution in [-0.4, -0.2) is 51.8 Å². The summed E-state index contributed by atoms with van der Waals surface area (Å²) in [5.41, 5.74) is -1.45. The molecule has 1 aromatic heterocycles. The van der Waals surface area contributed by atoms with Crippen LogP contribution in [0.15, 0.2) is 15.7 Å². The Bertz CT molecular complexity index is 1490. The number of nitrogens with zero attached hydrogens (tertiary/aromatic N) is 4. The zero-order chi connectivity index (χ0) is 28.9. The van der Waals surface area contributed by atoms with Crippen molar-refractivity contribution in [3.63, 3.8) is 0 Å². The number of amides is 2. The van der Waals surface area contributed by atoms with Gasteiger partial charge in [-0.05, 0) is 66.9 Å². The molecule has 0 spiro atoms. The molecule has 39 heavy (non-hydrogen) atoms. The van der Waals surface area contributed by atoms with Crippen LogP contribution in [0.25, 0.3) is 10.9 Å². The molecule has 2 N–H and O–H groups in total. The Morgan fingerprint density at radius 3 is 2.23 bits per heavy atom. The Labute approximate surface area is 224 Å². The second kappa shape index (κ2) is 9.91. The van der Waals surface area contributed by atoms with Gasteiger partial charge in [0.05, 0.1) is 22.6 Å². The maximum absolute atomic E-state index is 15.6. The van der Waals surface area contributed by atoms with Gasteiger partial charge in [-0.1, -0.05) is 0 Å². The number of halogens is 1. The number of hydrogen-bond donors (Lipinski definition) is 2. The van der Waals surface area contributed by atoms with Gasteiger partial charge < -0.3 is 19.7 Å². The largest absolute Gasteiger partial charge is 0.444 e. The van der Waals surface area contributed by atoms with Crippen LogP contribution in [0, 0.1) is 17.1 Å². The first kappa shape index (κ1) is 27.9. The molecular weight excluding hydrogens is 511 g/mol. The second-order valence-electron chi connectivity index (χ2n) is 11.8. The van der Waals surface area contributed by atoms with E-state index in [0.717, 1.165) is 6.07 Å². The third-order valence-electron chi connectivity index (χ3n) is 6.15. The quantitative estimate of drug-likeness (QED) is 0.597. The minimum atomic E-state index is -1.03. The van der Waals surface area contributed by atoms with Crippen molar-refractivity contribution in [1.82, 2.24) is 14.6 Å².